The molecule has 1 aliphatic heterocycles. The molecule has 1 aromatic rings. The number of fused-ring (bicyclic) bond motifs is 1. The Labute approximate surface area is 95.0 Å². The minimum atomic E-state index is -0.362. The van der Waals surface area contributed by atoms with Gasteiger partial charge in [0.2, 0.25) is 0 Å². The van der Waals surface area contributed by atoms with Gasteiger partial charge in [0.1, 0.15) is 0 Å². The first-order valence-electron chi connectivity index (χ1n) is 5.43. The van der Waals surface area contributed by atoms with Crippen LogP contribution < -0.4 is 10.6 Å². The molecule has 1 amide bonds. The molecule has 2 N–H and O–H groups in total. The van der Waals surface area contributed by atoms with Gasteiger partial charge in [-0.3, -0.25) is 0 Å². The van der Waals surface area contributed by atoms with Crippen molar-refractivity contribution in [3.05, 3.63) is 29.8 Å². The largest absolute Gasteiger partial charge is 0.453 e. The molecule has 1 heterocycles. The van der Waals surface area contributed by atoms with Crippen molar-refractivity contribution >= 4 is 11.8 Å². The van der Waals surface area contributed by atoms with Gasteiger partial charge in [0.25, 0.3) is 0 Å². The molecule has 0 spiro atoms. The minimum absolute atomic E-state index is 0.362. The number of para-hydroxylation sites is 1. The zero-order chi connectivity index (χ0) is 11.4. The van der Waals surface area contributed by atoms with E-state index in [2.05, 4.69) is 27.5 Å². The highest BCUT2D eigenvalue weighted by atomic mass is 16.5. The minimum Gasteiger partial charge on any atom is -0.453 e. The Balaban J connectivity index is 1.90. The summed E-state index contributed by atoms with van der Waals surface area (Å²) < 4.78 is 4.54. The van der Waals surface area contributed by atoms with E-state index in [0.717, 1.165) is 13.0 Å². The van der Waals surface area contributed by atoms with Crippen molar-refractivity contribution in [1.82, 2.24) is 5.32 Å². The summed E-state index contributed by atoms with van der Waals surface area (Å²) in [6, 6.07) is 8.27. The van der Waals surface area contributed by atoms with Crippen LogP contribution in [0.2, 0.25) is 0 Å². The second kappa shape index (κ2) is 4.88. The van der Waals surface area contributed by atoms with Crippen molar-refractivity contribution < 1.29 is 9.53 Å². The first-order chi connectivity index (χ1) is 7.79. The summed E-state index contributed by atoms with van der Waals surface area (Å²) in [5, 5.41) is 6.09. The fourth-order valence-corrected chi connectivity index (χ4v) is 1.95. The molecule has 1 aliphatic rings. The third-order valence-electron chi connectivity index (χ3n) is 2.83. The highest BCUT2D eigenvalue weighted by Gasteiger charge is 2.18. The Bertz CT molecular complexity index is 379. The molecular formula is C12H16N2O2. The van der Waals surface area contributed by atoms with Gasteiger partial charge in [-0.05, 0) is 24.0 Å². The Morgan fingerprint density at radius 3 is 3.19 bits per heavy atom. The highest BCUT2D eigenvalue weighted by molar-refractivity contribution is 5.66. The molecule has 86 valence electrons. The van der Waals surface area contributed by atoms with E-state index in [9.17, 15) is 4.79 Å². The topological polar surface area (TPSA) is 50.4 Å². The molecule has 0 saturated carbocycles. The third-order valence-corrected chi connectivity index (χ3v) is 2.83. The molecule has 0 radical (unpaired) electrons. The number of amides is 1. The number of carbonyl (C=O) groups is 1. The van der Waals surface area contributed by atoms with E-state index in [1.54, 1.807) is 0 Å². The fraction of sp³-hybridized carbons (Fsp3) is 0.417. The maximum absolute atomic E-state index is 10.9. The molecule has 0 fully saturated rings. The lowest BCUT2D eigenvalue weighted by molar-refractivity contribution is 0.169. The van der Waals surface area contributed by atoms with E-state index in [1.807, 2.05) is 12.1 Å². The molecule has 2 rings (SSSR count). The Morgan fingerprint density at radius 2 is 2.38 bits per heavy atom. The van der Waals surface area contributed by atoms with Crippen molar-refractivity contribution in [2.75, 3.05) is 25.5 Å². The SMILES string of the molecule is COC(=O)NC[C@H]1CNc2ccccc2C1. The average molecular weight is 220 g/mol. The number of nitrogens with one attached hydrogen (secondary N) is 2. The number of alkyl carbamates (subject to hydrolysis) is 1. The summed E-state index contributed by atoms with van der Waals surface area (Å²) in [4.78, 5) is 10.9. The molecule has 1 aromatic carbocycles. The average Bonchev–Trinajstić information content (AvgIpc) is 2.35. The monoisotopic (exact) mass is 220 g/mol. The number of ether oxygens (including phenoxy) is 1. The number of hydrogen-bond acceptors (Lipinski definition) is 3. The smallest absolute Gasteiger partial charge is 0.406 e. The van der Waals surface area contributed by atoms with Crippen LogP contribution in [0.4, 0.5) is 10.5 Å². The van der Waals surface area contributed by atoms with Crippen LogP contribution in [0, 0.1) is 5.92 Å². The van der Waals surface area contributed by atoms with Crippen molar-refractivity contribution in [1.29, 1.82) is 0 Å². The first kappa shape index (κ1) is 10.8. The highest BCUT2D eigenvalue weighted by Crippen LogP contribution is 2.23. The van der Waals surface area contributed by atoms with Gasteiger partial charge in [0.05, 0.1) is 7.11 Å². The van der Waals surface area contributed by atoms with E-state index in [4.69, 9.17) is 0 Å². The van der Waals surface area contributed by atoms with Gasteiger partial charge in [-0.1, -0.05) is 18.2 Å². The summed E-state index contributed by atoms with van der Waals surface area (Å²) in [5.74, 6) is 0.425. The van der Waals surface area contributed by atoms with Crippen LogP contribution in [0.25, 0.3) is 0 Å². The molecule has 4 heteroatoms. The van der Waals surface area contributed by atoms with Crippen LogP contribution >= 0.6 is 0 Å². The summed E-state index contributed by atoms with van der Waals surface area (Å²) in [6.07, 6.45) is 0.631. The van der Waals surface area contributed by atoms with Gasteiger partial charge in [-0.25, -0.2) is 4.79 Å². The Kier molecular flexibility index (Phi) is 3.29. The van der Waals surface area contributed by atoms with Crippen LogP contribution in [0.1, 0.15) is 5.56 Å². The normalized spacial score (nSPS) is 18.2. The lowest BCUT2D eigenvalue weighted by Gasteiger charge is -2.26. The number of rotatable bonds is 2. The van der Waals surface area contributed by atoms with Crippen molar-refractivity contribution in [3.63, 3.8) is 0 Å². The number of methoxy groups -OCH3 is 1. The quantitative estimate of drug-likeness (QED) is 0.796. The fourth-order valence-electron chi connectivity index (χ4n) is 1.95. The van der Waals surface area contributed by atoms with Gasteiger partial charge >= 0.3 is 6.09 Å². The zero-order valence-corrected chi connectivity index (χ0v) is 9.32. The Hall–Kier alpha value is -1.71. The molecule has 0 unspecified atom stereocenters. The van der Waals surface area contributed by atoms with Gasteiger partial charge in [0.15, 0.2) is 0 Å². The van der Waals surface area contributed by atoms with Gasteiger partial charge < -0.3 is 15.4 Å². The van der Waals surface area contributed by atoms with Crippen molar-refractivity contribution in [3.8, 4) is 0 Å². The maximum Gasteiger partial charge on any atom is 0.406 e. The molecular weight excluding hydrogens is 204 g/mol. The van der Waals surface area contributed by atoms with E-state index < -0.39 is 0 Å². The summed E-state index contributed by atoms with van der Waals surface area (Å²) >= 11 is 0. The number of carbonyl (C=O) groups excluding carboxylic acids is 1. The van der Waals surface area contributed by atoms with E-state index in [0.29, 0.717) is 12.5 Å². The predicted molar refractivity (Wildman–Crippen MR) is 62.5 cm³/mol. The molecule has 0 bridgehead atoms. The maximum atomic E-state index is 10.9. The van der Waals surface area contributed by atoms with E-state index in [1.165, 1.54) is 18.4 Å². The second-order valence-electron chi connectivity index (χ2n) is 3.98. The van der Waals surface area contributed by atoms with Crippen LogP contribution in [-0.2, 0) is 11.2 Å². The van der Waals surface area contributed by atoms with Gasteiger partial charge in [0, 0.05) is 18.8 Å². The van der Waals surface area contributed by atoms with Gasteiger partial charge in [-0.2, -0.15) is 0 Å². The summed E-state index contributed by atoms with van der Waals surface area (Å²) in [7, 11) is 1.38. The molecule has 0 aromatic heterocycles. The standard InChI is InChI=1S/C12H16N2O2/c1-16-12(15)14-8-9-6-10-4-2-3-5-11(10)13-7-9/h2-5,9,13H,6-8H2,1H3,(H,14,15)/t9-/m1/s1. The van der Waals surface area contributed by atoms with Crippen molar-refractivity contribution in [2.24, 2.45) is 5.92 Å². The summed E-state index contributed by atoms with van der Waals surface area (Å²) in [6.45, 7) is 1.54. The molecule has 0 saturated heterocycles. The first-order valence-corrected chi connectivity index (χ1v) is 5.43. The Morgan fingerprint density at radius 1 is 1.56 bits per heavy atom. The van der Waals surface area contributed by atoms with Crippen LogP contribution in [0.5, 0.6) is 0 Å². The number of hydrogen-bond donors (Lipinski definition) is 2. The third kappa shape index (κ3) is 2.45. The van der Waals surface area contributed by atoms with Crippen LogP contribution in [-0.4, -0.2) is 26.3 Å². The summed E-state index contributed by atoms with van der Waals surface area (Å²) in [5.41, 5.74) is 2.52. The lowest BCUT2D eigenvalue weighted by atomic mass is 9.94. The zero-order valence-electron chi connectivity index (χ0n) is 9.32. The predicted octanol–water partition coefficient (Wildman–Crippen LogP) is 1.63. The molecule has 16 heavy (non-hydrogen) atoms. The lowest BCUT2D eigenvalue weighted by Crippen LogP contribution is -2.35. The number of anilines is 1. The van der Waals surface area contributed by atoms with Crippen LogP contribution in [0.15, 0.2) is 24.3 Å². The number of benzene rings is 1. The van der Waals surface area contributed by atoms with E-state index >= 15 is 0 Å². The molecule has 1 atom stereocenters. The second-order valence-corrected chi connectivity index (χ2v) is 3.98. The van der Waals surface area contributed by atoms with Crippen molar-refractivity contribution in [2.45, 2.75) is 6.42 Å². The van der Waals surface area contributed by atoms with Crippen LogP contribution in [0.3, 0.4) is 0 Å². The van der Waals surface area contributed by atoms with Gasteiger partial charge in [-0.15, -0.1) is 0 Å². The van der Waals surface area contributed by atoms with E-state index in [-0.39, 0.29) is 6.09 Å². The molecule has 0 aliphatic carbocycles. The molecule has 4 nitrogen and oxygen atoms in total.